The molecule has 2 aliphatic rings. The van der Waals surface area contributed by atoms with Gasteiger partial charge >= 0.3 is 0 Å². The summed E-state index contributed by atoms with van der Waals surface area (Å²) in [6.07, 6.45) is 6.96. The van der Waals surface area contributed by atoms with Gasteiger partial charge in [-0.25, -0.2) is 0 Å². The van der Waals surface area contributed by atoms with E-state index in [0.29, 0.717) is 11.4 Å². The lowest BCUT2D eigenvalue weighted by Crippen LogP contribution is -2.45. The van der Waals surface area contributed by atoms with E-state index in [1.165, 1.54) is 32.1 Å². The van der Waals surface area contributed by atoms with Crippen LogP contribution in [0.2, 0.25) is 0 Å². The van der Waals surface area contributed by atoms with Gasteiger partial charge in [0.25, 0.3) is 0 Å². The standard InChI is InChI=1S/C13H25N3.HI/c1-12(2,3)16-11(14)15-9-13-6-4-10(8-13)5-7-13;/h10H,4-9H2,1-3H3,(H3,14,15,16);1H. The molecule has 2 fully saturated rings. The van der Waals surface area contributed by atoms with Crippen molar-refractivity contribution in [3.05, 3.63) is 0 Å². The normalized spacial score (nSPS) is 32.4. The minimum absolute atomic E-state index is 0. The average molecular weight is 351 g/mol. The summed E-state index contributed by atoms with van der Waals surface area (Å²) in [5.74, 6) is 1.60. The predicted octanol–water partition coefficient (Wildman–Crippen LogP) is 2.89. The van der Waals surface area contributed by atoms with Crippen LogP contribution in [0.3, 0.4) is 0 Å². The topological polar surface area (TPSA) is 50.4 Å². The van der Waals surface area contributed by atoms with Gasteiger partial charge in [-0.2, -0.15) is 0 Å². The molecule has 0 saturated heterocycles. The number of nitrogens with two attached hydrogens (primary N) is 1. The van der Waals surface area contributed by atoms with Gasteiger partial charge in [0.1, 0.15) is 0 Å². The monoisotopic (exact) mass is 351 g/mol. The highest BCUT2D eigenvalue weighted by Crippen LogP contribution is 2.54. The minimum atomic E-state index is 0. The van der Waals surface area contributed by atoms with Gasteiger partial charge in [0.15, 0.2) is 5.96 Å². The van der Waals surface area contributed by atoms with Gasteiger partial charge in [-0.1, -0.05) is 0 Å². The van der Waals surface area contributed by atoms with Gasteiger partial charge in [-0.15, -0.1) is 24.0 Å². The average Bonchev–Trinajstić information content (AvgIpc) is 2.72. The molecule has 0 atom stereocenters. The van der Waals surface area contributed by atoms with Crippen molar-refractivity contribution >= 4 is 29.9 Å². The van der Waals surface area contributed by atoms with Crippen molar-refractivity contribution in [1.82, 2.24) is 5.32 Å². The van der Waals surface area contributed by atoms with Crippen LogP contribution >= 0.6 is 24.0 Å². The number of guanidine groups is 1. The number of hydrogen-bond acceptors (Lipinski definition) is 1. The Hall–Kier alpha value is 0. The van der Waals surface area contributed by atoms with Crippen LogP contribution in [-0.2, 0) is 0 Å². The van der Waals surface area contributed by atoms with Crippen molar-refractivity contribution in [2.75, 3.05) is 6.54 Å². The summed E-state index contributed by atoms with van der Waals surface area (Å²) >= 11 is 0. The first-order valence-corrected chi connectivity index (χ1v) is 6.47. The fraction of sp³-hybridized carbons (Fsp3) is 0.923. The fourth-order valence-corrected chi connectivity index (χ4v) is 3.21. The Labute approximate surface area is 122 Å². The molecule has 17 heavy (non-hydrogen) atoms. The van der Waals surface area contributed by atoms with E-state index in [4.69, 9.17) is 5.73 Å². The Kier molecular flexibility index (Phi) is 4.72. The van der Waals surface area contributed by atoms with Gasteiger partial charge in [-0.05, 0) is 64.2 Å². The molecule has 0 heterocycles. The van der Waals surface area contributed by atoms with Crippen LogP contribution in [0, 0.1) is 11.3 Å². The highest BCUT2D eigenvalue weighted by atomic mass is 127. The number of nitrogens with one attached hydrogen (secondary N) is 1. The number of fused-ring (bicyclic) bond motifs is 2. The SMILES string of the molecule is CC(C)(C)NC(N)=NCC12CCC(CC1)C2.I. The molecule has 0 radical (unpaired) electrons. The van der Waals surface area contributed by atoms with Crippen LogP contribution in [-0.4, -0.2) is 18.0 Å². The number of halogens is 1. The Morgan fingerprint density at radius 3 is 2.35 bits per heavy atom. The Balaban J connectivity index is 0.00000144. The highest BCUT2D eigenvalue weighted by Gasteiger charge is 2.44. The number of aliphatic imine (C=N–C) groups is 1. The van der Waals surface area contributed by atoms with Crippen molar-refractivity contribution in [2.24, 2.45) is 22.1 Å². The zero-order chi connectivity index (χ0) is 11.8. The molecule has 100 valence electrons. The largest absolute Gasteiger partial charge is 0.370 e. The van der Waals surface area contributed by atoms with E-state index in [2.05, 4.69) is 31.1 Å². The predicted molar refractivity (Wildman–Crippen MR) is 83.8 cm³/mol. The van der Waals surface area contributed by atoms with Crippen molar-refractivity contribution in [2.45, 2.75) is 58.4 Å². The van der Waals surface area contributed by atoms with Crippen LogP contribution in [0.4, 0.5) is 0 Å². The maximum Gasteiger partial charge on any atom is 0.189 e. The third-order valence-corrected chi connectivity index (χ3v) is 3.98. The van der Waals surface area contributed by atoms with E-state index in [-0.39, 0.29) is 29.5 Å². The molecule has 0 aromatic heterocycles. The molecule has 4 heteroatoms. The first-order valence-electron chi connectivity index (χ1n) is 6.47. The maximum atomic E-state index is 5.90. The smallest absolute Gasteiger partial charge is 0.189 e. The second kappa shape index (κ2) is 5.33. The zero-order valence-corrected chi connectivity index (χ0v) is 13.6. The molecular weight excluding hydrogens is 325 g/mol. The second-order valence-electron chi connectivity index (χ2n) is 6.72. The van der Waals surface area contributed by atoms with E-state index >= 15 is 0 Å². The van der Waals surface area contributed by atoms with Crippen molar-refractivity contribution in [3.8, 4) is 0 Å². The summed E-state index contributed by atoms with van der Waals surface area (Å²) in [7, 11) is 0. The van der Waals surface area contributed by atoms with Gasteiger partial charge in [-0.3, -0.25) is 4.99 Å². The van der Waals surface area contributed by atoms with Gasteiger partial charge < -0.3 is 11.1 Å². The van der Waals surface area contributed by atoms with Crippen LogP contribution < -0.4 is 11.1 Å². The molecule has 0 unspecified atom stereocenters. The Morgan fingerprint density at radius 1 is 1.35 bits per heavy atom. The lowest BCUT2D eigenvalue weighted by Gasteiger charge is -2.26. The van der Waals surface area contributed by atoms with Crippen LogP contribution in [0.15, 0.2) is 4.99 Å². The van der Waals surface area contributed by atoms with E-state index in [0.717, 1.165) is 12.5 Å². The number of hydrogen-bond donors (Lipinski definition) is 2. The first kappa shape index (κ1) is 15.1. The van der Waals surface area contributed by atoms with Gasteiger partial charge in [0.05, 0.1) is 0 Å². The molecule has 0 aromatic carbocycles. The summed E-state index contributed by atoms with van der Waals surface area (Å²) in [5.41, 5.74) is 6.43. The Morgan fingerprint density at radius 2 is 1.94 bits per heavy atom. The van der Waals surface area contributed by atoms with E-state index in [1.807, 2.05) is 0 Å². The third-order valence-electron chi connectivity index (χ3n) is 3.98. The summed E-state index contributed by atoms with van der Waals surface area (Å²) in [5, 5.41) is 3.23. The molecule has 2 aliphatic carbocycles. The molecule has 0 aliphatic heterocycles. The van der Waals surface area contributed by atoms with Crippen LogP contribution in [0.5, 0.6) is 0 Å². The molecular formula is C13H26IN3. The lowest BCUT2D eigenvalue weighted by atomic mass is 9.84. The molecule has 3 N–H and O–H groups in total. The fourth-order valence-electron chi connectivity index (χ4n) is 3.21. The lowest BCUT2D eigenvalue weighted by molar-refractivity contribution is 0.307. The molecule has 0 amide bonds. The Bertz CT molecular complexity index is 286. The molecule has 0 aromatic rings. The highest BCUT2D eigenvalue weighted by molar-refractivity contribution is 14.0. The third kappa shape index (κ3) is 4.00. The molecule has 2 saturated carbocycles. The number of nitrogens with zero attached hydrogens (tertiary/aromatic N) is 1. The van der Waals surface area contributed by atoms with Gasteiger partial charge in [0.2, 0.25) is 0 Å². The molecule has 2 bridgehead atoms. The van der Waals surface area contributed by atoms with Crippen LogP contribution in [0.25, 0.3) is 0 Å². The zero-order valence-electron chi connectivity index (χ0n) is 11.3. The van der Waals surface area contributed by atoms with Crippen molar-refractivity contribution < 1.29 is 0 Å². The quantitative estimate of drug-likeness (QED) is 0.457. The summed E-state index contributed by atoms with van der Waals surface area (Å²) in [6.45, 7) is 7.25. The maximum absolute atomic E-state index is 5.90. The van der Waals surface area contributed by atoms with Gasteiger partial charge in [0, 0.05) is 12.1 Å². The number of rotatable bonds is 2. The molecule has 3 nitrogen and oxygen atoms in total. The summed E-state index contributed by atoms with van der Waals surface area (Å²) < 4.78 is 0. The van der Waals surface area contributed by atoms with E-state index in [1.54, 1.807) is 0 Å². The summed E-state index contributed by atoms with van der Waals surface area (Å²) in [6, 6.07) is 0. The van der Waals surface area contributed by atoms with Crippen molar-refractivity contribution in [1.29, 1.82) is 0 Å². The van der Waals surface area contributed by atoms with Crippen molar-refractivity contribution in [3.63, 3.8) is 0 Å². The molecule has 0 spiro atoms. The summed E-state index contributed by atoms with van der Waals surface area (Å²) in [4.78, 5) is 4.54. The second-order valence-corrected chi connectivity index (χ2v) is 6.72. The van der Waals surface area contributed by atoms with E-state index < -0.39 is 0 Å². The first-order chi connectivity index (χ1) is 7.39. The minimum Gasteiger partial charge on any atom is -0.370 e. The van der Waals surface area contributed by atoms with E-state index in [9.17, 15) is 0 Å². The molecule has 2 rings (SSSR count). The van der Waals surface area contributed by atoms with Crippen LogP contribution in [0.1, 0.15) is 52.9 Å².